The van der Waals surface area contributed by atoms with Crippen molar-refractivity contribution in [2.75, 3.05) is 26.7 Å². The highest BCUT2D eigenvalue weighted by molar-refractivity contribution is 4.82. The number of methoxy groups -OCH3 is 1. The molecule has 1 heterocycles. The van der Waals surface area contributed by atoms with E-state index < -0.39 is 0 Å². The van der Waals surface area contributed by atoms with E-state index >= 15 is 0 Å². The van der Waals surface area contributed by atoms with E-state index in [1.54, 1.807) is 7.11 Å². The zero-order valence-electron chi connectivity index (χ0n) is 12.3. The molecule has 0 aromatic heterocycles. The zero-order valence-corrected chi connectivity index (χ0v) is 12.3. The van der Waals surface area contributed by atoms with Gasteiger partial charge in [0.1, 0.15) is 0 Å². The van der Waals surface area contributed by atoms with Gasteiger partial charge in [-0.1, -0.05) is 6.92 Å². The Kier molecular flexibility index (Phi) is 5.90. The Hall–Kier alpha value is -0.120. The maximum absolute atomic E-state index is 5.47. The van der Waals surface area contributed by atoms with E-state index in [4.69, 9.17) is 4.74 Å². The van der Waals surface area contributed by atoms with Crippen LogP contribution in [0, 0.1) is 0 Å². The Bertz CT molecular complexity index is 218. The lowest BCUT2D eigenvalue weighted by molar-refractivity contribution is 0.00818. The van der Waals surface area contributed by atoms with E-state index in [0.717, 1.165) is 19.0 Å². The van der Waals surface area contributed by atoms with Gasteiger partial charge in [-0.05, 0) is 53.1 Å². The Labute approximate surface area is 107 Å². The van der Waals surface area contributed by atoms with Crippen LogP contribution in [0.1, 0.15) is 47.0 Å². The molecule has 3 nitrogen and oxygen atoms in total. The fourth-order valence-electron chi connectivity index (χ4n) is 2.77. The minimum Gasteiger partial charge on any atom is -0.379 e. The highest BCUT2D eigenvalue weighted by atomic mass is 16.5. The summed E-state index contributed by atoms with van der Waals surface area (Å²) in [6.07, 6.45) is 3.77. The Morgan fingerprint density at radius 2 is 2.18 bits per heavy atom. The van der Waals surface area contributed by atoms with Crippen LogP contribution in [0.2, 0.25) is 0 Å². The second-order valence-electron chi connectivity index (χ2n) is 5.90. The minimum absolute atomic E-state index is 0.0213. The Morgan fingerprint density at radius 3 is 2.76 bits per heavy atom. The van der Waals surface area contributed by atoms with Gasteiger partial charge in [0, 0.05) is 25.7 Å². The predicted molar refractivity (Wildman–Crippen MR) is 73.4 cm³/mol. The first-order valence-electron chi connectivity index (χ1n) is 7.01. The van der Waals surface area contributed by atoms with Gasteiger partial charge in [-0.3, -0.25) is 4.90 Å². The lowest BCUT2D eigenvalue weighted by atomic mass is 9.99. The molecule has 2 atom stereocenters. The van der Waals surface area contributed by atoms with Gasteiger partial charge < -0.3 is 10.1 Å². The third kappa shape index (κ3) is 4.94. The van der Waals surface area contributed by atoms with E-state index in [2.05, 4.69) is 37.9 Å². The number of nitrogens with zero attached hydrogens (tertiary/aromatic N) is 1. The van der Waals surface area contributed by atoms with Gasteiger partial charge in [0.15, 0.2) is 0 Å². The van der Waals surface area contributed by atoms with Gasteiger partial charge in [0.05, 0.1) is 5.60 Å². The van der Waals surface area contributed by atoms with Crippen LogP contribution in [0.5, 0.6) is 0 Å². The average molecular weight is 242 g/mol. The maximum Gasteiger partial charge on any atom is 0.0637 e. The third-order valence-electron chi connectivity index (χ3n) is 3.96. The molecule has 1 N–H and O–H groups in total. The van der Waals surface area contributed by atoms with Crippen LogP contribution < -0.4 is 5.32 Å². The van der Waals surface area contributed by atoms with E-state index in [1.165, 1.54) is 25.9 Å². The molecule has 0 saturated carbocycles. The molecule has 1 saturated heterocycles. The number of nitrogens with one attached hydrogen (secondary N) is 1. The Morgan fingerprint density at radius 1 is 1.47 bits per heavy atom. The van der Waals surface area contributed by atoms with Gasteiger partial charge in [-0.25, -0.2) is 0 Å². The average Bonchev–Trinajstić information content (AvgIpc) is 2.73. The summed E-state index contributed by atoms with van der Waals surface area (Å²) in [4.78, 5) is 2.58. The quantitative estimate of drug-likeness (QED) is 0.741. The Balaban J connectivity index is 2.25. The van der Waals surface area contributed by atoms with Crippen molar-refractivity contribution in [2.45, 2.75) is 64.6 Å². The lowest BCUT2D eigenvalue weighted by Crippen LogP contribution is -2.43. The molecule has 0 aliphatic carbocycles. The molecule has 0 spiro atoms. The van der Waals surface area contributed by atoms with Crippen LogP contribution in [0.25, 0.3) is 0 Å². The molecule has 17 heavy (non-hydrogen) atoms. The third-order valence-corrected chi connectivity index (χ3v) is 3.96. The fourth-order valence-corrected chi connectivity index (χ4v) is 2.77. The molecular weight excluding hydrogens is 212 g/mol. The number of hydrogen-bond donors (Lipinski definition) is 1. The number of likely N-dealkylation sites (tertiary alicyclic amines) is 1. The number of hydrogen-bond acceptors (Lipinski definition) is 3. The van der Waals surface area contributed by atoms with Crippen LogP contribution in [0.15, 0.2) is 0 Å². The van der Waals surface area contributed by atoms with Crippen molar-refractivity contribution < 1.29 is 4.74 Å². The standard InChI is InChI=1S/C14H30N2O/c1-6-16-9-7-8-13(16)11-15-12(2)10-14(3,4)17-5/h12-13,15H,6-11H2,1-5H3. The van der Waals surface area contributed by atoms with Crippen molar-refractivity contribution >= 4 is 0 Å². The molecular formula is C14H30N2O. The first-order chi connectivity index (χ1) is 7.98. The van der Waals surface area contributed by atoms with Crippen molar-refractivity contribution in [3.05, 3.63) is 0 Å². The molecule has 1 rings (SSSR count). The summed E-state index contributed by atoms with van der Waals surface area (Å²) in [5, 5.41) is 3.66. The summed E-state index contributed by atoms with van der Waals surface area (Å²) < 4.78 is 5.47. The topological polar surface area (TPSA) is 24.5 Å². The van der Waals surface area contributed by atoms with Gasteiger partial charge in [-0.2, -0.15) is 0 Å². The van der Waals surface area contributed by atoms with Gasteiger partial charge >= 0.3 is 0 Å². The summed E-state index contributed by atoms with van der Waals surface area (Å²) in [6, 6.07) is 1.26. The highest BCUT2D eigenvalue weighted by Gasteiger charge is 2.24. The zero-order chi connectivity index (χ0) is 12.9. The molecule has 1 fully saturated rings. The van der Waals surface area contributed by atoms with Gasteiger partial charge in [0.2, 0.25) is 0 Å². The minimum atomic E-state index is -0.0213. The van der Waals surface area contributed by atoms with E-state index in [9.17, 15) is 0 Å². The van der Waals surface area contributed by atoms with Gasteiger partial charge in [-0.15, -0.1) is 0 Å². The van der Waals surface area contributed by atoms with E-state index in [1.807, 2.05) is 0 Å². The maximum atomic E-state index is 5.47. The largest absolute Gasteiger partial charge is 0.379 e. The van der Waals surface area contributed by atoms with Crippen molar-refractivity contribution in [2.24, 2.45) is 0 Å². The highest BCUT2D eigenvalue weighted by Crippen LogP contribution is 2.18. The monoisotopic (exact) mass is 242 g/mol. The van der Waals surface area contributed by atoms with E-state index in [0.29, 0.717) is 6.04 Å². The molecule has 1 aliphatic heterocycles. The summed E-state index contributed by atoms with van der Waals surface area (Å²) in [5.74, 6) is 0. The van der Waals surface area contributed by atoms with Gasteiger partial charge in [0.25, 0.3) is 0 Å². The van der Waals surface area contributed by atoms with Crippen molar-refractivity contribution in [3.63, 3.8) is 0 Å². The molecule has 0 radical (unpaired) electrons. The molecule has 0 aromatic rings. The number of likely N-dealkylation sites (N-methyl/N-ethyl adjacent to an activating group) is 1. The molecule has 0 amide bonds. The lowest BCUT2D eigenvalue weighted by Gasteiger charge is -2.29. The molecule has 2 unspecified atom stereocenters. The van der Waals surface area contributed by atoms with Crippen LogP contribution in [-0.4, -0.2) is 49.3 Å². The SMILES string of the molecule is CCN1CCCC1CNC(C)CC(C)(C)OC. The molecule has 1 aliphatic rings. The molecule has 0 bridgehead atoms. The van der Waals surface area contributed by atoms with Crippen LogP contribution in [0.4, 0.5) is 0 Å². The summed E-state index contributed by atoms with van der Waals surface area (Å²) >= 11 is 0. The first kappa shape index (κ1) is 14.9. The number of rotatable bonds is 7. The van der Waals surface area contributed by atoms with Crippen LogP contribution in [0.3, 0.4) is 0 Å². The van der Waals surface area contributed by atoms with Crippen molar-refractivity contribution in [1.29, 1.82) is 0 Å². The van der Waals surface area contributed by atoms with Crippen LogP contribution >= 0.6 is 0 Å². The second-order valence-corrected chi connectivity index (χ2v) is 5.90. The van der Waals surface area contributed by atoms with Crippen molar-refractivity contribution in [1.82, 2.24) is 10.2 Å². The fraction of sp³-hybridized carbons (Fsp3) is 1.00. The van der Waals surface area contributed by atoms with Crippen LogP contribution in [-0.2, 0) is 4.74 Å². The summed E-state index contributed by atoms with van der Waals surface area (Å²) in [5.41, 5.74) is -0.0213. The normalized spacial score (nSPS) is 24.2. The molecule has 102 valence electrons. The number of ether oxygens (including phenoxy) is 1. The second kappa shape index (κ2) is 6.72. The van der Waals surface area contributed by atoms with E-state index in [-0.39, 0.29) is 5.60 Å². The molecule has 0 aromatic carbocycles. The smallest absolute Gasteiger partial charge is 0.0637 e. The first-order valence-corrected chi connectivity index (χ1v) is 7.01. The summed E-state index contributed by atoms with van der Waals surface area (Å²) in [7, 11) is 1.79. The molecule has 3 heteroatoms. The predicted octanol–water partition coefficient (Wildman–Crippen LogP) is 2.26. The van der Waals surface area contributed by atoms with Crippen molar-refractivity contribution in [3.8, 4) is 0 Å². The summed E-state index contributed by atoms with van der Waals surface area (Å²) in [6.45, 7) is 12.4.